The molecule has 2 saturated heterocycles. The third kappa shape index (κ3) is 4.66. The minimum absolute atomic E-state index is 0.00274. The van der Waals surface area contributed by atoms with Gasteiger partial charge in [-0.15, -0.1) is 0 Å². The van der Waals surface area contributed by atoms with Gasteiger partial charge in [0.1, 0.15) is 0 Å². The van der Waals surface area contributed by atoms with Gasteiger partial charge in [0.2, 0.25) is 5.91 Å². The van der Waals surface area contributed by atoms with Crippen LogP contribution in [-0.2, 0) is 4.79 Å². The molecule has 2 rings (SSSR count). The van der Waals surface area contributed by atoms with Crippen LogP contribution in [0.15, 0.2) is 0 Å². The Morgan fingerprint density at radius 3 is 2.57 bits per heavy atom. The molecule has 5 nitrogen and oxygen atoms in total. The average molecular weight is 296 g/mol. The summed E-state index contributed by atoms with van der Waals surface area (Å²) >= 11 is 0. The molecule has 2 unspecified atom stereocenters. The molecular weight excluding hydrogens is 264 g/mol. The monoisotopic (exact) mass is 296 g/mol. The molecule has 0 spiro atoms. The maximum Gasteiger partial charge on any atom is 0.237 e. The smallest absolute Gasteiger partial charge is 0.237 e. The second kappa shape index (κ2) is 7.07. The first-order chi connectivity index (χ1) is 9.88. The summed E-state index contributed by atoms with van der Waals surface area (Å²) in [6.07, 6.45) is 2.14. The molecule has 2 atom stereocenters. The van der Waals surface area contributed by atoms with Crippen LogP contribution >= 0.6 is 0 Å². The first-order valence-corrected chi connectivity index (χ1v) is 8.33. The maximum absolute atomic E-state index is 12.3. The molecule has 2 N–H and O–H groups in total. The van der Waals surface area contributed by atoms with Crippen molar-refractivity contribution in [2.45, 2.75) is 45.2 Å². The lowest BCUT2D eigenvalue weighted by Gasteiger charge is -2.43. The van der Waals surface area contributed by atoms with Crippen molar-refractivity contribution in [1.82, 2.24) is 20.4 Å². The van der Waals surface area contributed by atoms with Crippen molar-refractivity contribution in [1.29, 1.82) is 0 Å². The summed E-state index contributed by atoms with van der Waals surface area (Å²) in [7, 11) is 2.17. The Labute approximate surface area is 129 Å². The number of carbonyl (C=O) groups excluding carboxylic acids is 1. The minimum atomic E-state index is -0.00274. The fourth-order valence-corrected chi connectivity index (χ4v) is 3.26. The third-order valence-electron chi connectivity index (χ3n) is 5.04. The summed E-state index contributed by atoms with van der Waals surface area (Å²) in [6, 6.07) is -0.00274. The molecule has 0 aromatic heterocycles. The molecule has 21 heavy (non-hydrogen) atoms. The molecule has 0 aromatic carbocycles. The highest BCUT2D eigenvalue weighted by Gasteiger charge is 2.31. The van der Waals surface area contributed by atoms with E-state index in [1.165, 1.54) is 6.42 Å². The van der Waals surface area contributed by atoms with Crippen molar-refractivity contribution in [3.8, 4) is 0 Å². The molecule has 0 aromatic rings. The van der Waals surface area contributed by atoms with E-state index in [1.807, 2.05) is 0 Å². The number of piperidine rings is 1. The Balaban J connectivity index is 1.79. The topological polar surface area (TPSA) is 47.6 Å². The van der Waals surface area contributed by atoms with Crippen molar-refractivity contribution in [3.05, 3.63) is 0 Å². The lowest BCUT2D eigenvalue weighted by atomic mass is 9.93. The summed E-state index contributed by atoms with van der Waals surface area (Å²) in [6.45, 7) is 12.8. The SMILES string of the molecule is CC1CCNC(C(=O)NCC(C)(C)N2CCN(C)CC2)C1. The van der Waals surface area contributed by atoms with Gasteiger partial charge in [0.15, 0.2) is 0 Å². The second-order valence-electron chi connectivity index (χ2n) is 7.46. The van der Waals surface area contributed by atoms with Gasteiger partial charge in [0, 0.05) is 38.3 Å². The number of nitrogens with one attached hydrogen (secondary N) is 2. The van der Waals surface area contributed by atoms with Gasteiger partial charge in [0.25, 0.3) is 0 Å². The van der Waals surface area contributed by atoms with Crippen molar-refractivity contribution >= 4 is 5.91 Å². The molecule has 0 aliphatic carbocycles. The van der Waals surface area contributed by atoms with Gasteiger partial charge in [0.05, 0.1) is 6.04 Å². The van der Waals surface area contributed by atoms with Crippen LogP contribution in [0.25, 0.3) is 0 Å². The van der Waals surface area contributed by atoms with Crippen molar-refractivity contribution in [2.75, 3.05) is 46.3 Å². The van der Waals surface area contributed by atoms with Crippen molar-refractivity contribution in [3.63, 3.8) is 0 Å². The number of likely N-dealkylation sites (N-methyl/N-ethyl adjacent to an activating group) is 1. The van der Waals surface area contributed by atoms with Crippen LogP contribution in [0.4, 0.5) is 0 Å². The average Bonchev–Trinajstić information content (AvgIpc) is 2.45. The summed E-state index contributed by atoms with van der Waals surface area (Å²) in [5.74, 6) is 0.816. The van der Waals surface area contributed by atoms with Crippen molar-refractivity contribution < 1.29 is 4.79 Å². The Bertz CT molecular complexity index is 350. The van der Waals surface area contributed by atoms with Crippen LogP contribution in [0, 0.1) is 5.92 Å². The number of carbonyl (C=O) groups is 1. The molecule has 0 bridgehead atoms. The standard InChI is InChI=1S/C16H32N4O/c1-13-5-6-17-14(11-13)15(21)18-12-16(2,3)20-9-7-19(4)8-10-20/h13-14,17H,5-12H2,1-4H3,(H,18,21). The van der Waals surface area contributed by atoms with Crippen LogP contribution in [0.3, 0.4) is 0 Å². The molecule has 1 amide bonds. The van der Waals surface area contributed by atoms with E-state index in [4.69, 9.17) is 0 Å². The number of rotatable bonds is 4. The zero-order chi connectivity index (χ0) is 15.5. The van der Waals surface area contributed by atoms with E-state index in [2.05, 4.69) is 48.3 Å². The molecule has 2 aliphatic rings. The lowest BCUT2D eigenvalue weighted by Crippen LogP contribution is -2.59. The Morgan fingerprint density at radius 1 is 1.29 bits per heavy atom. The Hall–Kier alpha value is -0.650. The molecule has 0 saturated carbocycles. The Morgan fingerprint density at radius 2 is 1.95 bits per heavy atom. The first-order valence-electron chi connectivity index (χ1n) is 8.33. The number of nitrogens with zero attached hydrogens (tertiary/aromatic N) is 2. The maximum atomic E-state index is 12.3. The highest BCUT2D eigenvalue weighted by atomic mass is 16.2. The zero-order valence-corrected chi connectivity index (χ0v) is 14.1. The van der Waals surface area contributed by atoms with E-state index in [0.717, 1.165) is 45.7 Å². The number of hydrogen-bond donors (Lipinski definition) is 2. The summed E-state index contributed by atoms with van der Waals surface area (Å²) < 4.78 is 0. The molecule has 0 radical (unpaired) electrons. The highest BCUT2D eigenvalue weighted by Crippen LogP contribution is 2.17. The van der Waals surface area contributed by atoms with Gasteiger partial charge in [-0.3, -0.25) is 9.69 Å². The van der Waals surface area contributed by atoms with Crippen molar-refractivity contribution in [2.24, 2.45) is 5.92 Å². The predicted molar refractivity (Wildman–Crippen MR) is 86.3 cm³/mol. The summed E-state index contributed by atoms with van der Waals surface area (Å²) in [4.78, 5) is 17.2. The first kappa shape index (κ1) is 16.7. The molecule has 122 valence electrons. The molecule has 5 heteroatoms. The zero-order valence-electron chi connectivity index (χ0n) is 14.1. The van der Waals surface area contributed by atoms with Gasteiger partial charge in [-0.2, -0.15) is 0 Å². The van der Waals surface area contributed by atoms with Gasteiger partial charge < -0.3 is 15.5 Å². The quantitative estimate of drug-likeness (QED) is 0.794. The normalized spacial score (nSPS) is 29.3. The van der Waals surface area contributed by atoms with E-state index < -0.39 is 0 Å². The van der Waals surface area contributed by atoms with Gasteiger partial charge in [-0.05, 0) is 46.2 Å². The summed E-state index contributed by atoms with van der Waals surface area (Å²) in [5.41, 5.74) is 0.0250. The van der Waals surface area contributed by atoms with Gasteiger partial charge in [-0.1, -0.05) is 6.92 Å². The van der Waals surface area contributed by atoms with E-state index >= 15 is 0 Å². The van der Waals surface area contributed by atoms with E-state index in [9.17, 15) is 4.79 Å². The molecular formula is C16H32N4O. The Kier molecular flexibility index (Phi) is 5.63. The largest absolute Gasteiger partial charge is 0.353 e. The van der Waals surface area contributed by atoms with Crippen LogP contribution in [0.2, 0.25) is 0 Å². The molecule has 2 heterocycles. The highest BCUT2D eigenvalue weighted by molar-refractivity contribution is 5.81. The fraction of sp³-hybridized carbons (Fsp3) is 0.938. The van der Waals surface area contributed by atoms with Crippen LogP contribution in [-0.4, -0.2) is 73.6 Å². The summed E-state index contributed by atoms with van der Waals surface area (Å²) in [5, 5.41) is 6.50. The minimum Gasteiger partial charge on any atom is -0.353 e. The van der Waals surface area contributed by atoms with Gasteiger partial charge >= 0.3 is 0 Å². The van der Waals surface area contributed by atoms with E-state index in [0.29, 0.717) is 5.92 Å². The predicted octanol–water partition coefficient (Wildman–Crippen LogP) is 0.517. The number of piperazine rings is 1. The third-order valence-corrected chi connectivity index (χ3v) is 5.04. The number of amides is 1. The van der Waals surface area contributed by atoms with Crippen LogP contribution in [0.5, 0.6) is 0 Å². The van der Waals surface area contributed by atoms with Gasteiger partial charge in [-0.25, -0.2) is 0 Å². The molecule has 2 fully saturated rings. The molecule has 2 aliphatic heterocycles. The fourth-order valence-electron chi connectivity index (χ4n) is 3.26. The van der Waals surface area contributed by atoms with E-state index in [1.54, 1.807) is 0 Å². The van der Waals surface area contributed by atoms with E-state index in [-0.39, 0.29) is 17.5 Å². The lowest BCUT2D eigenvalue weighted by molar-refractivity contribution is -0.124. The van der Waals surface area contributed by atoms with Crippen LogP contribution < -0.4 is 10.6 Å². The number of hydrogen-bond acceptors (Lipinski definition) is 4. The second-order valence-corrected chi connectivity index (χ2v) is 7.46. The van der Waals surface area contributed by atoms with Crippen LogP contribution in [0.1, 0.15) is 33.6 Å².